The Morgan fingerprint density at radius 3 is 2.36 bits per heavy atom. The third kappa shape index (κ3) is 2.16. The van der Waals surface area contributed by atoms with Crippen LogP contribution in [-0.4, -0.2) is 13.2 Å². The van der Waals surface area contributed by atoms with Gasteiger partial charge in [-0.05, 0) is 32.4 Å². The summed E-state index contributed by atoms with van der Waals surface area (Å²) in [6, 6.07) is 3.41. The van der Waals surface area contributed by atoms with Gasteiger partial charge in [0.1, 0.15) is 0 Å². The predicted molar refractivity (Wildman–Crippen MR) is 53.5 cm³/mol. The van der Waals surface area contributed by atoms with Gasteiger partial charge in [0.2, 0.25) is 0 Å². The fourth-order valence-electron chi connectivity index (χ4n) is 1.18. The smallest absolute Gasteiger partial charge is 0.197 e. The molecular weight excluding hydrogens is 183 g/mol. The maximum Gasteiger partial charge on any atom is 0.197 e. The first-order valence-corrected chi connectivity index (χ1v) is 4.75. The van der Waals surface area contributed by atoms with Crippen molar-refractivity contribution in [2.45, 2.75) is 20.8 Å². The highest BCUT2D eigenvalue weighted by Gasteiger charge is 2.12. The molecule has 0 unspecified atom stereocenters. The zero-order chi connectivity index (χ0) is 10.6. The van der Waals surface area contributed by atoms with E-state index in [1.807, 2.05) is 13.8 Å². The van der Waals surface area contributed by atoms with Crippen molar-refractivity contribution >= 4 is 0 Å². The summed E-state index contributed by atoms with van der Waals surface area (Å²) in [6.07, 6.45) is 0. The highest BCUT2D eigenvalue weighted by Crippen LogP contribution is 2.32. The standard InChI is InChI=1S/C11H15FO2/c1-4-13-9-7-6-8(3)10(12)11(9)14-5-2/h6-7H,4-5H2,1-3H3. The number of halogens is 1. The quantitative estimate of drug-likeness (QED) is 0.740. The van der Waals surface area contributed by atoms with Gasteiger partial charge in [-0.25, -0.2) is 4.39 Å². The van der Waals surface area contributed by atoms with E-state index in [9.17, 15) is 4.39 Å². The summed E-state index contributed by atoms with van der Waals surface area (Å²) < 4.78 is 24.0. The van der Waals surface area contributed by atoms with Crippen LogP contribution in [0.25, 0.3) is 0 Å². The lowest BCUT2D eigenvalue weighted by Gasteiger charge is -2.12. The van der Waals surface area contributed by atoms with E-state index in [4.69, 9.17) is 9.47 Å². The monoisotopic (exact) mass is 198 g/mol. The molecule has 0 heterocycles. The van der Waals surface area contributed by atoms with Crippen molar-refractivity contribution in [3.63, 3.8) is 0 Å². The van der Waals surface area contributed by atoms with Crippen LogP contribution in [0.4, 0.5) is 4.39 Å². The van der Waals surface area contributed by atoms with E-state index in [0.717, 1.165) is 0 Å². The summed E-state index contributed by atoms with van der Waals surface area (Å²) in [6.45, 7) is 6.31. The predicted octanol–water partition coefficient (Wildman–Crippen LogP) is 2.93. The van der Waals surface area contributed by atoms with Crippen LogP contribution < -0.4 is 9.47 Å². The third-order valence-corrected chi connectivity index (χ3v) is 1.84. The number of hydrogen-bond acceptors (Lipinski definition) is 2. The van der Waals surface area contributed by atoms with E-state index in [-0.39, 0.29) is 11.6 Å². The Bertz CT molecular complexity index is 310. The van der Waals surface area contributed by atoms with Gasteiger partial charge < -0.3 is 9.47 Å². The minimum absolute atomic E-state index is 0.217. The third-order valence-electron chi connectivity index (χ3n) is 1.84. The van der Waals surface area contributed by atoms with Crippen LogP contribution >= 0.6 is 0 Å². The van der Waals surface area contributed by atoms with Crippen molar-refractivity contribution in [1.82, 2.24) is 0 Å². The van der Waals surface area contributed by atoms with Gasteiger partial charge in [-0.15, -0.1) is 0 Å². The van der Waals surface area contributed by atoms with Gasteiger partial charge in [0, 0.05) is 0 Å². The van der Waals surface area contributed by atoms with Crippen molar-refractivity contribution in [2.75, 3.05) is 13.2 Å². The molecule has 1 rings (SSSR count). The van der Waals surface area contributed by atoms with E-state index in [2.05, 4.69) is 0 Å². The minimum Gasteiger partial charge on any atom is -0.490 e. The molecule has 0 aliphatic carbocycles. The minimum atomic E-state index is -0.335. The van der Waals surface area contributed by atoms with Crippen molar-refractivity contribution < 1.29 is 13.9 Å². The summed E-state index contributed by atoms with van der Waals surface area (Å²) in [5.74, 6) is 0.351. The SMILES string of the molecule is CCOc1ccc(C)c(F)c1OCC. The second-order valence-electron chi connectivity index (χ2n) is 2.89. The number of ether oxygens (including phenoxy) is 2. The van der Waals surface area contributed by atoms with Gasteiger partial charge in [-0.2, -0.15) is 0 Å². The summed E-state index contributed by atoms with van der Waals surface area (Å²) in [4.78, 5) is 0. The molecule has 2 nitrogen and oxygen atoms in total. The highest BCUT2D eigenvalue weighted by molar-refractivity contribution is 5.44. The molecule has 3 heteroatoms. The van der Waals surface area contributed by atoms with E-state index in [1.165, 1.54) is 0 Å². The Morgan fingerprint density at radius 1 is 1.14 bits per heavy atom. The molecular formula is C11H15FO2. The van der Waals surface area contributed by atoms with Gasteiger partial charge in [-0.1, -0.05) is 6.07 Å². The first-order chi connectivity index (χ1) is 6.70. The zero-order valence-electron chi connectivity index (χ0n) is 8.76. The number of hydrogen-bond donors (Lipinski definition) is 0. The van der Waals surface area contributed by atoms with Crippen LogP contribution in [-0.2, 0) is 0 Å². The molecule has 0 N–H and O–H groups in total. The van der Waals surface area contributed by atoms with Gasteiger partial charge >= 0.3 is 0 Å². The molecule has 0 radical (unpaired) electrons. The zero-order valence-corrected chi connectivity index (χ0v) is 8.76. The lowest BCUT2D eigenvalue weighted by molar-refractivity contribution is 0.275. The second kappa shape index (κ2) is 4.84. The Hall–Kier alpha value is -1.25. The lowest BCUT2D eigenvalue weighted by atomic mass is 10.2. The molecule has 0 aromatic heterocycles. The molecule has 0 fully saturated rings. The lowest BCUT2D eigenvalue weighted by Crippen LogP contribution is -2.01. The summed E-state index contributed by atoms with van der Waals surface area (Å²) in [7, 11) is 0. The summed E-state index contributed by atoms with van der Waals surface area (Å²) in [5.41, 5.74) is 0.567. The Balaban J connectivity index is 3.08. The van der Waals surface area contributed by atoms with E-state index in [0.29, 0.717) is 24.5 Å². The average molecular weight is 198 g/mol. The first-order valence-electron chi connectivity index (χ1n) is 4.75. The molecule has 1 aromatic rings. The number of rotatable bonds is 4. The van der Waals surface area contributed by atoms with E-state index >= 15 is 0 Å². The topological polar surface area (TPSA) is 18.5 Å². The Morgan fingerprint density at radius 2 is 1.79 bits per heavy atom. The molecule has 0 bridgehead atoms. The number of aryl methyl sites for hydroxylation is 1. The van der Waals surface area contributed by atoms with Crippen molar-refractivity contribution in [3.05, 3.63) is 23.5 Å². The number of benzene rings is 1. The molecule has 0 aliphatic heterocycles. The van der Waals surface area contributed by atoms with Gasteiger partial charge in [-0.3, -0.25) is 0 Å². The van der Waals surface area contributed by atoms with Crippen molar-refractivity contribution in [1.29, 1.82) is 0 Å². The van der Waals surface area contributed by atoms with Crippen LogP contribution in [0.1, 0.15) is 19.4 Å². The molecule has 0 amide bonds. The summed E-state index contributed by atoms with van der Waals surface area (Å²) >= 11 is 0. The van der Waals surface area contributed by atoms with Crippen LogP contribution in [0, 0.1) is 12.7 Å². The molecule has 0 spiro atoms. The van der Waals surface area contributed by atoms with Crippen LogP contribution in [0.15, 0.2) is 12.1 Å². The summed E-state index contributed by atoms with van der Waals surface area (Å²) in [5, 5.41) is 0. The first kappa shape index (κ1) is 10.8. The molecule has 0 aliphatic rings. The van der Waals surface area contributed by atoms with Crippen molar-refractivity contribution in [3.8, 4) is 11.5 Å². The normalized spacial score (nSPS) is 10.0. The fraction of sp³-hybridized carbons (Fsp3) is 0.455. The molecule has 14 heavy (non-hydrogen) atoms. The van der Waals surface area contributed by atoms with E-state index < -0.39 is 0 Å². The van der Waals surface area contributed by atoms with Gasteiger partial charge in [0.25, 0.3) is 0 Å². The molecule has 1 aromatic carbocycles. The van der Waals surface area contributed by atoms with Gasteiger partial charge in [0.15, 0.2) is 17.3 Å². The maximum atomic E-state index is 13.6. The van der Waals surface area contributed by atoms with Crippen molar-refractivity contribution in [2.24, 2.45) is 0 Å². The fourth-order valence-corrected chi connectivity index (χ4v) is 1.18. The van der Waals surface area contributed by atoms with Crippen LogP contribution in [0.5, 0.6) is 11.5 Å². The molecule has 0 saturated carbocycles. The van der Waals surface area contributed by atoms with Crippen LogP contribution in [0.3, 0.4) is 0 Å². The maximum absolute atomic E-state index is 13.6. The molecule has 0 saturated heterocycles. The molecule has 0 atom stereocenters. The Kier molecular flexibility index (Phi) is 3.74. The Labute approximate surface area is 83.6 Å². The molecule has 78 valence electrons. The second-order valence-corrected chi connectivity index (χ2v) is 2.89. The highest BCUT2D eigenvalue weighted by atomic mass is 19.1. The van der Waals surface area contributed by atoms with Gasteiger partial charge in [0.05, 0.1) is 13.2 Å². The average Bonchev–Trinajstić information content (AvgIpc) is 2.18. The van der Waals surface area contributed by atoms with E-state index in [1.54, 1.807) is 19.1 Å². The van der Waals surface area contributed by atoms with Crippen LogP contribution in [0.2, 0.25) is 0 Å². The largest absolute Gasteiger partial charge is 0.490 e.